The summed E-state index contributed by atoms with van der Waals surface area (Å²) in [4.78, 5) is 16.6. The van der Waals surface area contributed by atoms with E-state index in [4.69, 9.17) is 0 Å². The highest BCUT2D eigenvalue weighted by Crippen LogP contribution is 2.37. The lowest BCUT2D eigenvalue weighted by atomic mass is 9.75. The van der Waals surface area contributed by atoms with Gasteiger partial charge >= 0.3 is 0 Å². The highest BCUT2D eigenvalue weighted by molar-refractivity contribution is 5.96. The summed E-state index contributed by atoms with van der Waals surface area (Å²) in [6.45, 7) is 2.51. The number of rotatable bonds is 4. The molecule has 1 aromatic rings. The highest BCUT2D eigenvalue weighted by atomic mass is 16.3. The standard InChI is InChI=1S/C16H24N2O2/c1-12-13(7-5-8-14(12)19)15(20)18(4)11-16(17(2)3)9-6-10-16/h5,7-8,19H,6,9-11H2,1-4H3. The second-order valence-electron chi connectivity index (χ2n) is 6.08. The Kier molecular flexibility index (Phi) is 4.04. The Labute approximate surface area is 121 Å². The second kappa shape index (κ2) is 5.44. The van der Waals surface area contributed by atoms with Gasteiger partial charge in [-0.3, -0.25) is 4.79 Å². The molecule has 0 bridgehead atoms. The number of carbonyl (C=O) groups is 1. The molecular weight excluding hydrogens is 252 g/mol. The van der Waals surface area contributed by atoms with Gasteiger partial charge in [0.05, 0.1) is 0 Å². The summed E-state index contributed by atoms with van der Waals surface area (Å²) in [5, 5.41) is 9.73. The zero-order chi connectivity index (χ0) is 14.9. The Bertz CT molecular complexity index is 507. The first-order valence-corrected chi connectivity index (χ1v) is 7.09. The summed E-state index contributed by atoms with van der Waals surface area (Å²) >= 11 is 0. The van der Waals surface area contributed by atoms with Crippen LogP contribution in [0.25, 0.3) is 0 Å². The van der Waals surface area contributed by atoms with E-state index in [0.29, 0.717) is 11.1 Å². The quantitative estimate of drug-likeness (QED) is 0.917. The molecule has 0 spiro atoms. The van der Waals surface area contributed by atoms with Gasteiger partial charge in [-0.05, 0) is 52.4 Å². The minimum Gasteiger partial charge on any atom is -0.508 e. The molecule has 20 heavy (non-hydrogen) atoms. The fourth-order valence-electron chi connectivity index (χ4n) is 2.91. The van der Waals surface area contributed by atoms with E-state index in [-0.39, 0.29) is 17.2 Å². The summed E-state index contributed by atoms with van der Waals surface area (Å²) in [6.07, 6.45) is 3.50. The maximum atomic E-state index is 12.6. The van der Waals surface area contributed by atoms with Crippen LogP contribution in [0.5, 0.6) is 5.75 Å². The van der Waals surface area contributed by atoms with Crippen LogP contribution < -0.4 is 0 Å². The molecular formula is C16H24N2O2. The van der Waals surface area contributed by atoms with Crippen LogP contribution in [0.2, 0.25) is 0 Å². The molecule has 1 N–H and O–H groups in total. The summed E-state index contributed by atoms with van der Waals surface area (Å²) < 4.78 is 0. The van der Waals surface area contributed by atoms with Gasteiger partial charge in [-0.2, -0.15) is 0 Å². The van der Waals surface area contributed by atoms with Crippen molar-refractivity contribution in [2.45, 2.75) is 31.7 Å². The number of likely N-dealkylation sites (N-methyl/N-ethyl adjacent to an activating group) is 2. The SMILES string of the molecule is Cc1c(O)cccc1C(=O)N(C)CC1(N(C)C)CCC1. The number of amides is 1. The Morgan fingerprint density at radius 1 is 1.30 bits per heavy atom. The van der Waals surface area contributed by atoms with Crippen molar-refractivity contribution in [1.29, 1.82) is 0 Å². The van der Waals surface area contributed by atoms with Gasteiger partial charge in [0.2, 0.25) is 0 Å². The molecule has 1 aromatic carbocycles. The molecule has 0 atom stereocenters. The number of hydrogen-bond donors (Lipinski definition) is 1. The Balaban J connectivity index is 2.15. The first-order chi connectivity index (χ1) is 9.37. The fraction of sp³-hybridized carbons (Fsp3) is 0.562. The van der Waals surface area contributed by atoms with Crippen molar-refractivity contribution in [3.63, 3.8) is 0 Å². The van der Waals surface area contributed by atoms with Crippen LogP contribution in [0.4, 0.5) is 0 Å². The van der Waals surface area contributed by atoms with Crippen LogP contribution >= 0.6 is 0 Å². The molecule has 110 valence electrons. The lowest BCUT2D eigenvalue weighted by Crippen LogP contribution is -2.57. The van der Waals surface area contributed by atoms with Crippen LogP contribution in [-0.2, 0) is 0 Å². The van der Waals surface area contributed by atoms with Crippen molar-refractivity contribution in [2.75, 3.05) is 27.7 Å². The summed E-state index contributed by atoms with van der Waals surface area (Å²) in [7, 11) is 6.00. The molecule has 4 nitrogen and oxygen atoms in total. The number of hydrogen-bond acceptors (Lipinski definition) is 3. The molecule has 4 heteroatoms. The maximum absolute atomic E-state index is 12.6. The van der Waals surface area contributed by atoms with E-state index in [1.54, 1.807) is 30.0 Å². The van der Waals surface area contributed by atoms with Crippen molar-refractivity contribution in [2.24, 2.45) is 0 Å². The fourth-order valence-corrected chi connectivity index (χ4v) is 2.91. The van der Waals surface area contributed by atoms with Crippen molar-refractivity contribution in [1.82, 2.24) is 9.80 Å². The molecule has 0 aliphatic heterocycles. The number of nitrogens with zero attached hydrogens (tertiary/aromatic N) is 2. The van der Waals surface area contributed by atoms with Crippen molar-refractivity contribution < 1.29 is 9.90 Å². The normalized spacial score (nSPS) is 16.9. The predicted octanol–water partition coefficient (Wildman–Crippen LogP) is 2.26. The predicted molar refractivity (Wildman–Crippen MR) is 80.1 cm³/mol. The Morgan fingerprint density at radius 3 is 2.45 bits per heavy atom. The smallest absolute Gasteiger partial charge is 0.254 e. The van der Waals surface area contributed by atoms with Crippen molar-refractivity contribution >= 4 is 5.91 Å². The van der Waals surface area contributed by atoms with E-state index in [1.807, 2.05) is 7.05 Å². The number of phenolic OH excluding ortho intramolecular Hbond substituents is 1. The Morgan fingerprint density at radius 2 is 1.95 bits per heavy atom. The molecule has 0 unspecified atom stereocenters. The van der Waals surface area contributed by atoms with Crippen molar-refractivity contribution in [3.05, 3.63) is 29.3 Å². The number of aromatic hydroxyl groups is 1. The topological polar surface area (TPSA) is 43.8 Å². The monoisotopic (exact) mass is 276 g/mol. The van der Waals surface area contributed by atoms with Gasteiger partial charge in [-0.25, -0.2) is 0 Å². The lowest BCUT2D eigenvalue weighted by molar-refractivity contribution is 0.0252. The summed E-state index contributed by atoms with van der Waals surface area (Å²) in [5.74, 6) is 0.154. The van der Waals surface area contributed by atoms with Gasteiger partial charge in [0, 0.05) is 30.3 Å². The molecule has 0 radical (unpaired) electrons. The van der Waals surface area contributed by atoms with E-state index in [1.165, 1.54) is 6.42 Å². The van der Waals surface area contributed by atoms with Gasteiger partial charge in [-0.1, -0.05) is 6.07 Å². The molecule has 1 fully saturated rings. The second-order valence-corrected chi connectivity index (χ2v) is 6.08. The van der Waals surface area contributed by atoms with Gasteiger partial charge in [0.25, 0.3) is 5.91 Å². The maximum Gasteiger partial charge on any atom is 0.254 e. The van der Waals surface area contributed by atoms with Crippen molar-refractivity contribution in [3.8, 4) is 5.75 Å². The van der Waals surface area contributed by atoms with Crippen LogP contribution in [0.15, 0.2) is 18.2 Å². The van der Waals surface area contributed by atoms with Crippen LogP contribution in [-0.4, -0.2) is 54.0 Å². The van der Waals surface area contributed by atoms with Crippen LogP contribution in [0.1, 0.15) is 35.2 Å². The molecule has 1 aliphatic rings. The van der Waals surface area contributed by atoms with Gasteiger partial charge in [0.1, 0.15) is 5.75 Å². The first kappa shape index (κ1) is 14.9. The van der Waals surface area contributed by atoms with Gasteiger partial charge in [0.15, 0.2) is 0 Å². The minimum absolute atomic E-state index is 0.0217. The number of benzene rings is 1. The molecule has 0 heterocycles. The summed E-state index contributed by atoms with van der Waals surface area (Å²) in [5.41, 5.74) is 1.35. The minimum atomic E-state index is -0.0217. The zero-order valence-electron chi connectivity index (χ0n) is 12.8. The average molecular weight is 276 g/mol. The summed E-state index contributed by atoms with van der Waals surface area (Å²) in [6, 6.07) is 5.10. The average Bonchev–Trinajstić information content (AvgIpc) is 2.35. The molecule has 0 aromatic heterocycles. The van der Waals surface area contributed by atoms with E-state index in [9.17, 15) is 9.90 Å². The zero-order valence-corrected chi connectivity index (χ0v) is 12.8. The van der Waals surface area contributed by atoms with Crippen LogP contribution in [0.3, 0.4) is 0 Å². The van der Waals surface area contributed by atoms with E-state index < -0.39 is 0 Å². The largest absolute Gasteiger partial charge is 0.508 e. The molecule has 0 saturated heterocycles. The van der Waals surface area contributed by atoms with E-state index in [2.05, 4.69) is 19.0 Å². The molecule has 1 amide bonds. The lowest BCUT2D eigenvalue weighted by Gasteiger charge is -2.49. The third-order valence-electron chi connectivity index (χ3n) is 4.65. The number of carbonyl (C=O) groups excluding carboxylic acids is 1. The first-order valence-electron chi connectivity index (χ1n) is 7.09. The van der Waals surface area contributed by atoms with E-state index in [0.717, 1.165) is 19.4 Å². The molecule has 2 rings (SSSR count). The highest BCUT2D eigenvalue weighted by Gasteiger charge is 2.40. The van der Waals surface area contributed by atoms with Crippen LogP contribution in [0, 0.1) is 6.92 Å². The third-order valence-corrected chi connectivity index (χ3v) is 4.65. The van der Waals surface area contributed by atoms with Gasteiger partial charge < -0.3 is 14.9 Å². The molecule has 1 aliphatic carbocycles. The third kappa shape index (κ3) is 2.52. The molecule has 1 saturated carbocycles. The van der Waals surface area contributed by atoms with E-state index >= 15 is 0 Å². The number of phenols is 1. The van der Waals surface area contributed by atoms with Gasteiger partial charge in [-0.15, -0.1) is 0 Å². The Hall–Kier alpha value is -1.55.